The van der Waals surface area contributed by atoms with E-state index in [9.17, 15) is 0 Å². The first-order chi connectivity index (χ1) is 9.29. The monoisotopic (exact) mass is 255 g/mol. The molecule has 3 aliphatic rings. The van der Waals surface area contributed by atoms with E-state index >= 15 is 0 Å². The second kappa shape index (κ2) is 4.26. The molecule has 19 heavy (non-hydrogen) atoms. The molecule has 0 radical (unpaired) electrons. The predicted molar refractivity (Wildman–Crippen MR) is 78.3 cm³/mol. The van der Waals surface area contributed by atoms with E-state index in [0.717, 1.165) is 17.5 Å². The Bertz CT molecular complexity index is 531. The quantitative estimate of drug-likeness (QED) is 0.644. The number of rotatable bonds is 3. The number of nitrogens with zero attached hydrogens (tertiary/aromatic N) is 1. The molecular formula is C16H21N3. The number of hydrogen-bond donors (Lipinski definition) is 2. The van der Waals surface area contributed by atoms with Gasteiger partial charge in [-0.15, -0.1) is 0 Å². The number of aryl methyl sites for hydroxylation is 2. The molecule has 0 saturated heterocycles. The zero-order chi connectivity index (χ0) is 12.8. The van der Waals surface area contributed by atoms with E-state index in [4.69, 9.17) is 5.73 Å². The Morgan fingerprint density at radius 1 is 1.21 bits per heavy atom. The van der Waals surface area contributed by atoms with Gasteiger partial charge in [0.2, 0.25) is 0 Å². The molecule has 4 rings (SSSR count). The molecule has 2 fully saturated rings. The highest BCUT2D eigenvalue weighted by atomic mass is 15.1. The first-order valence-corrected chi connectivity index (χ1v) is 7.52. The Hall–Kier alpha value is -1.51. The van der Waals surface area contributed by atoms with Gasteiger partial charge in [0.1, 0.15) is 0 Å². The largest absolute Gasteiger partial charge is 0.370 e. The van der Waals surface area contributed by atoms with Gasteiger partial charge in [0.05, 0.1) is 6.04 Å². The molecular weight excluding hydrogens is 234 g/mol. The average molecular weight is 255 g/mol. The van der Waals surface area contributed by atoms with Crippen LogP contribution in [0.1, 0.15) is 36.8 Å². The number of benzene rings is 1. The van der Waals surface area contributed by atoms with E-state index in [1.807, 2.05) is 0 Å². The number of guanidine groups is 1. The van der Waals surface area contributed by atoms with Crippen LogP contribution in [-0.2, 0) is 12.8 Å². The number of nitrogens with one attached hydrogen (secondary N) is 1. The lowest BCUT2D eigenvalue weighted by atomic mass is 10.1. The van der Waals surface area contributed by atoms with Gasteiger partial charge in [-0.3, -0.25) is 0 Å². The molecule has 1 aromatic rings. The second-order valence-corrected chi connectivity index (χ2v) is 6.28. The lowest BCUT2D eigenvalue weighted by Gasteiger charge is -2.07. The van der Waals surface area contributed by atoms with E-state index in [0.29, 0.717) is 12.0 Å². The summed E-state index contributed by atoms with van der Waals surface area (Å²) in [5, 5.41) is 3.25. The first kappa shape index (κ1) is 11.3. The maximum absolute atomic E-state index is 6.01. The van der Waals surface area contributed by atoms with Crippen LogP contribution >= 0.6 is 0 Å². The summed E-state index contributed by atoms with van der Waals surface area (Å²) in [7, 11) is 0. The number of fused-ring (bicyclic) bond motifs is 1. The standard InChI is InChI=1S/C16H21N3/c17-16(19-15-9-14(15)11-4-5-11)18-13-7-6-10-2-1-3-12(10)8-13/h6-8,11,14-15H,1-5,9H2,(H3,17,18,19)/t14-,15+/m0/s1. The summed E-state index contributed by atoms with van der Waals surface area (Å²) in [5.74, 6) is 2.38. The van der Waals surface area contributed by atoms with Crippen molar-refractivity contribution in [2.75, 3.05) is 5.32 Å². The molecule has 0 bridgehead atoms. The van der Waals surface area contributed by atoms with Gasteiger partial charge in [-0.1, -0.05) is 6.07 Å². The molecule has 0 heterocycles. The van der Waals surface area contributed by atoms with Crippen LogP contribution in [0.3, 0.4) is 0 Å². The maximum atomic E-state index is 6.01. The van der Waals surface area contributed by atoms with E-state index in [1.165, 1.54) is 49.7 Å². The molecule has 1 aromatic carbocycles. The Labute approximate surface area is 114 Å². The lowest BCUT2D eigenvalue weighted by Crippen LogP contribution is -2.23. The third-order valence-corrected chi connectivity index (χ3v) is 4.71. The van der Waals surface area contributed by atoms with Crippen molar-refractivity contribution >= 4 is 11.6 Å². The van der Waals surface area contributed by atoms with Crippen molar-refractivity contribution < 1.29 is 0 Å². The van der Waals surface area contributed by atoms with Crippen LogP contribution in [0.4, 0.5) is 5.69 Å². The van der Waals surface area contributed by atoms with Gasteiger partial charge in [-0.05, 0) is 73.6 Å². The van der Waals surface area contributed by atoms with Crippen molar-refractivity contribution in [3.8, 4) is 0 Å². The Morgan fingerprint density at radius 2 is 2.05 bits per heavy atom. The summed E-state index contributed by atoms with van der Waals surface area (Å²) < 4.78 is 0. The zero-order valence-electron chi connectivity index (χ0n) is 11.2. The summed E-state index contributed by atoms with van der Waals surface area (Å²) >= 11 is 0. The fourth-order valence-electron chi connectivity index (χ4n) is 3.39. The molecule has 100 valence electrons. The molecule has 3 N–H and O–H groups in total. The minimum Gasteiger partial charge on any atom is -0.370 e. The van der Waals surface area contributed by atoms with Crippen molar-refractivity contribution in [3.05, 3.63) is 29.3 Å². The van der Waals surface area contributed by atoms with E-state index in [2.05, 4.69) is 28.5 Å². The Kier molecular flexibility index (Phi) is 2.54. The third kappa shape index (κ3) is 2.34. The van der Waals surface area contributed by atoms with Crippen LogP contribution in [0.15, 0.2) is 23.2 Å². The van der Waals surface area contributed by atoms with Gasteiger partial charge in [-0.2, -0.15) is 0 Å². The molecule has 3 aliphatic carbocycles. The number of anilines is 1. The van der Waals surface area contributed by atoms with Crippen LogP contribution in [0.2, 0.25) is 0 Å². The molecule has 0 aliphatic heterocycles. The van der Waals surface area contributed by atoms with Gasteiger partial charge in [0.15, 0.2) is 5.96 Å². The molecule has 3 heteroatoms. The summed E-state index contributed by atoms with van der Waals surface area (Å²) in [6.45, 7) is 0. The van der Waals surface area contributed by atoms with Crippen LogP contribution < -0.4 is 11.1 Å². The van der Waals surface area contributed by atoms with Gasteiger partial charge in [0, 0.05) is 5.69 Å². The van der Waals surface area contributed by atoms with E-state index < -0.39 is 0 Å². The topological polar surface area (TPSA) is 50.4 Å². The summed E-state index contributed by atoms with van der Waals surface area (Å²) in [6.07, 6.45) is 7.78. The van der Waals surface area contributed by atoms with Crippen LogP contribution in [0, 0.1) is 11.8 Å². The molecule has 0 aromatic heterocycles. The lowest BCUT2D eigenvalue weighted by molar-refractivity contribution is 0.686. The Morgan fingerprint density at radius 3 is 2.89 bits per heavy atom. The highest BCUT2D eigenvalue weighted by Crippen LogP contribution is 2.51. The minimum absolute atomic E-state index is 0.495. The van der Waals surface area contributed by atoms with Gasteiger partial charge < -0.3 is 11.1 Å². The van der Waals surface area contributed by atoms with Crippen molar-refractivity contribution in [1.82, 2.24) is 0 Å². The van der Waals surface area contributed by atoms with Crippen molar-refractivity contribution in [1.29, 1.82) is 0 Å². The fraction of sp³-hybridized carbons (Fsp3) is 0.562. The summed E-state index contributed by atoms with van der Waals surface area (Å²) in [4.78, 5) is 4.60. The number of hydrogen-bond acceptors (Lipinski definition) is 1. The van der Waals surface area contributed by atoms with E-state index in [1.54, 1.807) is 0 Å². The van der Waals surface area contributed by atoms with Crippen molar-refractivity contribution in [2.45, 2.75) is 44.6 Å². The minimum atomic E-state index is 0.495. The van der Waals surface area contributed by atoms with Crippen molar-refractivity contribution in [3.63, 3.8) is 0 Å². The molecule has 2 saturated carbocycles. The Balaban J connectivity index is 1.41. The zero-order valence-corrected chi connectivity index (χ0v) is 11.2. The molecule has 0 spiro atoms. The van der Waals surface area contributed by atoms with Gasteiger partial charge >= 0.3 is 0 Å². The highest BCUT2D eigenvalue weighted by molar-refractivity contribution is 5.92. The maximum Gasteiger partial charge on any atom is 0.193 e. The predicted octanol–water partition coefficient (Wildman–Crippen LogP) is 2.70. The summed E-state index contributed by atoms with van der Waals surface area (Å²) in [5.41, 5.74) is 10.1. The molecule has 2 atom stereocenters. The van der Waals surface area contributed by atoms with Gasteiger partial charge in [0.25, 0.3) is 0 Å². The SMILES string of the molecule is NC(=N[C@@H]1C[C@H]1C1CC1)Nc1ccc2c(c1)CCC2. The van der Waals surface area contributed by atoms with Gasteiger partial charge in [-0.25, -0.2) is 4.99 Å². The number of nitrogens with two attached hydrogens (primary N) is 1. The van der Waals surface area contributed by atoms with E-state index in [-0.39, 0.29) is 0 Å². The smallest absolute Gasteiger partial charge is 0.193 e. The average Bonchev–Trinajstić information content (AvgIpc) is 3.27. The van der Waals surface area contributed by atoms with Crippen LogP contribution in [0.5, 0.6) is 0 Å². The highest BCUT2D eigenvalue weighted by Gasteiger charge is 2.47. The summed E-state index contributed by atoms with van der Waals surface area (Å²) in [6, 6.07) is 7.07. The normalized spacial score (nSPS) is 29.2. The molecule has 0 amide bonds. The first-order valence-electron chi connectivity index (χ1n) is 7.52. The molecule has 0 unspecified atom stereocenters. The second-order valence-electron chi connectivity index (χ2n) is 6.28. The fourth-order valence-corrected chi connectivity index (χ4v) is 3.39. The van der Waals surface area contributed by atoms with Crippen molar-refractivity contribution in [2.24, 2.45) is 22.6 Å². The van der Waals surface area contributed by atoms with Crippen LogP contribution in [-0.4, -0.2) is 12.0 Å². The third-order valence-electron chi connectivity index (χ3n) is 4.71. The van der Waals surface area contributed by atoms with Crippen LogP contribution in [0.25, 0.3) is 0 Å². The molecule has 3 nitrogen and oxygen atoms in total. The number of aliphatic imine (C=N–C) groups is 1.